The van der Waals surface area contributed by atoms with Crippen LogP contribution in [0.4, 0.5) is 10.1 Å². The van der Waals surface area contributed by atoms with Gasteiger partial charge in [0.05, 0.1) is 5.02 Å². The lowest BCUT2D eigenvalue weighted by Crippen LogP contribution is -2.21. The number of carbonyl (C=O) groups excluding carboxylic acids is 1. The first kappa shape index (κ1) is 16.5. The molecule has 116 valence electrons. The maximum atomic E-state index is 13.0. The summed E-state index contributed by atoms with van der Waals surface area (Å²) in [6, 6.07) is 12.3. The van der Waals surface area contributed by atoms with Crippen molar-refractivity contribution in [2.45, 2.75) is 19.9 Å². The summed E-state index contributed by atoms with van der Waals surface area (Å²) in [7, 11) is 0. The predicted octanol–water partition coefficient (Wildman–Crippen LogP) is 3.91. The molecule has 5 heteroatoms. The number of hydrogen-bond donors (Lipinski definition) is 2. The molecule has 0 aliphatic rings. The molecule has 0 aliphatic carbocycles. The highest BCUT2D eigenvalue weighted by atomic mass is 35.5. The lowest BCUT2D eigenvalue weighted by molar-refractivity contribution is -0.116. The second-order valence-corrected chi connectivity index (χ2v) is 5.50. The molecule has 2 rings (SSSR count). The van der Waals surface area contributed by atoms with Gasteiger partial charge in [-0.3, -0.25) is 4.79 Å². The van der Waals surface area contributed by atoms with Crippen molar-refractivity contribution in [1.82, 2.24) is 5.32 Å². The Morgan fingerprint density at radius 1 is 1.23 bits per heavy atom. The smallest absolute Gasteiger partial charge is 0.225 e. The molecule has 0 saturated heterocycles. The summed E-state index contributed by atoms with van der Waals surface area (Å²) >= 11 is 5.67. The van der Waals surface area contributed by atoms with Crippen molar-refractivity contribution in [3.63, 3.8) is 0 Å². The molecule has 0 bridgehead atoms. The van der Waals surface area contributed by atoms with Gasteiger partial charge in [-0.1, -0.05) is 41.4 Å². The number of carbonyl (C=O) groups is 1. The minimum Gasteiger partial charge on any atom is -0.326 e. The molecule has 0 saturated carbocycles. The number of amides is 1. The first-order valence-electron chi connectivity index (χ1n) is 7.06. The normalized spacial score (nSPS) is 10.5. The second kappa shape index (κ2) is 7.92. The number of hydrogen-bond acceptors (Lipinski definition) is 2. The van der Waals surface area contributed by atoms with Crippen LogP contribution in [0.1, 0.15) is 17.5 Å². The fourth-order valence-corrected chi connectivity index (χ4v) is 2.23. The Morgan fingerprint density at radius 2 is 2.05 bits per heavy atom. The summed E-state index contributed by atoms with van der Waals surface area (Å²) in [5, 5.41) is 5.90. The molecule has 0 aromatic heterocycles. The van der Waals surface area contributed by atoms with E-state index in [1.165, 1.54) is 29.3 Å². The van der Waals surface area contributed by atoms with Gasteiger partial charge in [-0.05, 0) is 30.7 Å². The van der Waals surface area contributed by atoms with E-state index in [1.807, 2.05) is 25.1 Å². The average Bonchev–Trinajstić information content (AvgIpc) is 2.48. The van der Waals surface area contributed by atoms with Crippen LogP contribution in [0.2, 0.25) is 5.02 Å². The molecule has 0 fully saturated rings. The fourth-order valence-electron chi connectivity index (χ4n) is 2.05. The summed E-state index contributed by atoms with van der Waals surface area (Å²) < 4.78 is 13.0. The third-order valence-corrected chi connectivity index (χ3v) is 3.43. The van der Waals surface area contributed by atoms with Gasteiger partial charge in [0.25, 0.3) is 0 Å². The molecule has 2 aromatic rings. The number of rotatable bonds is 6. The molecular formula is C17H18ClFN2O. The topological polar surface area (TPSA) is 41.1 Å². The predicted molar refractivity (Wildman–Crippen MR) is 87.5 cm³/mol. The van der Waals surface area contributed by atoms with Gasteiger partial charge in [0.2, 0.25) is 5.91 Å². The van der Waals surface area contributed by atoms with Crippen molar-refractivity contribution in [3.8, 4) is 0 Å². The molecule has 0 aliphatic heterocycles. The molecule has 0 atom stereocenters. The van der Waals surface area contributed by atoms with Crippen molar-refractivity contribution >= 4 is 23.2 Å². The summed E-state index contributed by atoms with van der Waals surface area (Å²) in [4.78, 5) is 11.8. The van der Waals surface area contributed by atoms with E-state index in [2.05, 4.69) is 16.7 Å². The van der Waals surface area contributed by atoms with Gasteiger partial charge in [0, 0.05) is 25.2 Å². The first-order chi connectivity index (χ1) is 10.5. The number of anilines is 1. The minimum absolute atomic E-state index is 0.00428. The zero-order valence-electron chi connectivity index (χ0n) is 12.3. The molecule has 22 heavy (non-hydrogen) atoms. The first-order valence-corrected chi connectivity index (χ1v) is 7.43. The van der Waals surface area contributed by atoms with Gasteiger partial charge in [-0.15, -0.1) is 0 Å². The monoisotopic (exact) mass is 320 g/mol. The van der Waals surface area contributed by atoms with E-state index in [4.69, 9.17) is 11.6 Å². The van der Waals surface area contributed by atoms with E-state index in [0.717, 1.165) is 6.54 Å². The highest BCUT2D eigenvalue weighted by molar-refractivity contribution is 6.31. The van der Waals surface area contributed by atoms with Crippen molar-refractivity contribution in [2.24, 2.45) is 0 Å². The van der Waals surface area contributed by atoms with Crippen molar-refractivity contribution < 1.29 is 9.18 Å². The van der Waals surface area contributed by atoms with E-state index in [9.17, 15) is 9.18 Å². The number of halogens is 2. The summed E-state index contributed by atoms with van der Waals surface area (Å²) in [6.07, 6.45) is 0.334. The number of aryl methyl sites for hydroxylation is 1. The minimum atomic E-state index is -0.500. The second-order valence-electron chi connectivity index (χ2n) is 5.09. The Bertz CT molecular complexity index is 661. The van der Waals surface area contributed by atoms with Crippen LogP contribution < -0.4 is 10.6 Å². The zero-order valence-corrected chi connectivity index (χ0v) is 13.1. The van der Waals surface area contributed by atoms with Crippen molar-refractivity contribution in [1.29, 1.82) is 0 Å². The van der Waals surface area contributed by atoms with Crippen LogP contribution in [-0.2, 0) is 11.3 Å². The molecule has 0 unspecified atom stereocenters. The lowest BCUT2D eigenvalue weighted by atomic mass is 10.1. The highest BCUT2D eigenvalue weighted by Gasteiger charge is 2.05. The van der Waals surface area contributed by atoms with Crippen LogP contribution in [0, 0.1) is 12.7 Å². The quantitative estimate of drug-likeness (QED) is 0.792. The van der Waals surface area contributed by atoms with Crippen LogP contribution in [0.25, 0.3) is 0 Å². The summed E-state index contributed by atoms with van der Waals surface area (Å²) in [5.41, 5.74) is 2.89. The van der Waals surface area contributed by atoms with Gasteiger partial charge >= 0.3 is 0 Å². The molecule has 0 heterocycles. The molecule has 2 aromatic carbocycles. The Labute approximate surface area is 134 Å². The van der Waals surface area contributed by atoms with E-state index >= 15 is 0 Å². The standard InChI is InChI=1S/C17H18ClFN2O/c1-12-3-2-4-13(9-12)11-20-8-7-17(22)21-14-5-6-16(19)15(18)10-14/h2-6,9-10,20H,7-8,11H2,1H3,(H,21,22). The highest BCUT2D eigenvalue weighted by Crippen LogP contribution is 2.19. The van der Waals surface area contributed by atoms with Crippen LogP contribution in [0.15, 0.2) is 42.5 Å². The average molecular weight is 321 g/mol. The van der Waals surface area contributed by atoms with Gasteiger partial charge in [0.1, 0.15) is 5.82 Å². The lowest BCUT2D eigenvalue weighted by Gasteiger charge is -2.07. The van der Waals surface area contributed by atoms with Crippen molar-refractivity contribution in [2.75, 3.05) is 11.9 Å². The van der Waals surface area contributed by atoms with Gasteiger partial charge in [0.15, 0.2) is 0 Å². The van der Waals surface area contributed by atoms with Crippen LogP contribution in [-0.4, -0.2) is 12.5 Å². The van der Waals surface area contributed by atoms with Gasteiger partial charge in [-0.25, -0.2) is 4.39 Å². The van der Waals surface area contributed by atoms with E-state index < -0.39 is 5.82 Å². The third kappa shape index (κ3) is 5.13. The Hall–Kier alpha value is -1.91. The largest absolute Gasteiger partial charge is 0.326 e. The Balaban J connectivity index is 1.72. The number of benzene rings is 2. The van der Waals surface area contributed by atoms with E-state index in [0.29, 0.717) is 18.7 Å². The number of nitrogens with one attached hydrogen (secondary N) is 2. The molecule has 0 radical (unpaired) electrons. The molecule has 2 N–H and O–H groups in total. The molecule has 0 spiro atoms. The Kier molecular flexibility index (Phi) is 5.92. The maximum Gasteiger partial charge on any atom is 0.225 e. The fraction of sp³-hybridized carbons (Fsp3) is 0.235. The van der Waals surface area contributed by atoms with E-state index in [1.54, 1.807) is 0 Å². The van der Waals surface area contributed by atoms with E-state index in [-0.39, 0.29) is 10.9 Å². The summed E-state index contributed by atoms with van der Waals surface area (Å²) in [5.74, 6) is -0.640. The SMILES string of the molecule is Cc1cccc(CNCCC(=O)Nc2ccc(F)c(Cl)c2)c1. The molecule has 1 amide bonds. The molecular weight excluding hydrogens is 303 g/mol. The van der Waals surface area contributed by atoms with Gasteiger partial charge in [-0.2, -0.15) is 0 Å². The summed E-state index contributed by atoms with van der Waals surface area (Å²) in [6.45, 7) is 3.33. The van der Waals surface area contributed by atoms with Crippen LogP contribution >= 0.6 is 11.6 Å². The maximum absolute atomic E-state index is 13.0. The van der Waals surface area contributed by atoms with Crippen molar-refractivity contribution in [3.05, 3.63) is 64.4 Å². The zero-order chi connectivity index (χ0) is 15.9. The van der Waals surface area contributed by atoms with Gasteiger partial charge < -0.3 is 10.6 Å². The molecule has 3 nitrogen and oxygen atoms in total. The Morgan fingerprint density at radius 3 is 2.77 bits per heavy atom. The van der Waals surface area contributed by atoms with Crippen LogP contribution in [0.5, 0.6) is 0 Å². The van der Waals surface area contributed by atoms with Crippen LogP contribution in [0.3, 0.4) is 0 Å². The third-order valence-electron chi connectivity index (χ3n) is 3.14.